The van der Waals surface area contributed by atoms with E-state index in [1.165, 1.54) is 11.1 Å². The van der Waals surface area contributed by atoms with Crippen molar-refractivity contribution in [3.63, 3.8) is 0 Å². The minimum Gasteiger partial charge on any atom is -0.386 e. The molecule has 0 N–H and O–H groups in total. The van der Waals surface area contributed by atoms with E-state index in [1.807, 2.05) is 42.5 Å². The minimum atomic E-state index is -4.09. The lowest BCUT2D eigenvalue weighted by Gasteiger charge is -2.24. The smallest absolute Gasteiger partial charge is 0.386 e. The van der Waals surface area contributed by atoms with Gasteiger partial charge < -0.3 is 13.6 Å². The van der Waals surface area contributed by atoms with E-state index in [1.54, 1.807) is 12.1 Å². The van der Waals surface area contributed by atoms with Crippen LogP contribution in [-0.4, -0.2) is 0 Å². The van der Waals surface area contributed by atoms with E-state index in [0.29, 0.717) is 17.2 Å². The van der Waals surface area contributed by atoms with Crippen LogP contribution in [-0.2, 0) is 30.2 Å². The maximum absolute atomic E-state index is 14.6. The van der Waals surface area contributed by atoms with Crippen LogP contribution in [0.25, 0.3) is 0 Å². The Bertz CT molecular complexity index is 1110. The van der Waals surface area contributed by atoms with Crippen molar-refractivity contribution in [1.29, 1.82) is 0 Å². The number of benzene rings is 3. The molecule has 0 heterocycles. The van der Waals surface area contributed by atoms with Gasteiger partial charge in [-0.15, -0.1) is 0 Å². The van der Waals surface area contributed by atoms with Crippen LogP contribution < -0.4 is 13.6 Å². The van der Waals surface area contributed by atoms with Crippen molar-refractivity contribution < 1.29 is 18.1 Å². The average molecular weight is 551 g/mol. The van der Waals surface area contributed by atoms with Crippen LogP contribution in [0.1, 0.15) is 101 Å². The lowest BCUT2D eigenvalue weighted by Crippen LogP contribution is -2.11. The molecule has 0 saturated carbocycles. The Kier molecular flexibility index (Phi) is 13.0. The van der Waals surface area contributed by atoms with Crippen LogP contribution in [0.2, 0.25) is 0 Å². The number of para-hydroxylation sites is 1. The van der Waals surface area contributed by atoms with Gasteiger partial charge in [-0.1, -0.05) is 95.8 Å². The topological polar surface area (TPSA) is 44.8 Å². The lowest BCUT2D eigenvalue weighted by molar-refractivity contribution is 0.296. The van der Waals surface area contributed by atoms with E-state index in [-0.39, 0.29) is 0 Å². The zero-order valence-electron chi connectivity index (χ0n) is 24.4. The summed E-state index contributed by atoms with van der Waals surface area (Å²) in [5.41, 5.74) is 4.71. The quantitative estimate of drug-likeness (QED) is 0.148. The number of phosphoric ester groups is 1. The molecule has 0 fully saturated rings. The second kappa shape index (κ2) is 16.4. The summed E-state index contributed by atoms with van der Waals surface area (Å²) in [6.45, 7) is 8.77. The van der Waals surface area contributed by atoms with Gasteiger partial charge in [-0.2, -0.15) is 4.57 Å². The molecule has 212 valence electrons. The predicted molar refractivity (Wildman–Crippen MR) is 163 cm³/mol. The fourth-order valence-corrected chi connectivity index (χ4v) is 6.09. The normalized spacial score (nSPS) is 11.4. The highest BCUT2D eigenvalue weighted by molar-refractivity contribution is 7.49. The van der Waals surface area contributed by atoms with Gasteiger partial charge >= 0.3 is 7.82 Å². The molecule has 0 saturated heterocycles. The number of unbranched alkanes of at least 4 members (excludes halogenated alkanes) is 4. The molecule has 0 amide bonds. The van der Waals surface area contributed by atoms with Gasteiger partial charge in [-0.25, -0.2) is 0 Å². The Morgan fingerprint density at radius 1 is 0.513 bits per heavy atom. The summed E-state index contributed by atoms with van der Waals surface area (Å²) < 4.78 is 33.3. The van der Waals surface area contributed by atoms with Gasteiger partial charge in [0, 0.05) is 0 Å². The Hall–Kier alpha value is -2.71. The highest BCUT2D eigenvalue weighted by Gasteiger charge is 2.35. The van der Waals surface area contributed by atoms with Gasteiger partial charge in [0.05, 0.1) is 0 Å². The number of hydrogen-bond acceptors (Lipinski definition) is 4. The first kappa shape index (κ1) is 30.8. The molecule has 5 heteroatoms. The van der Waals surface area contributed by atoms with Gasteiger partial charge in [-0.05, 0) is 97.9 Å². The Balaban J connectivity index is 2.04. The molecule has 39 heavy (non-hydrogen) atoms. The average Bonchev–Trinajstić information content (AvgIpc) is 2.94. The predicted octanol–water partition coefficient (Wildman–Crippen LogP) is 10.7. The van der Waals surface area contributed by atoms with Crippen molar-refractivity contribution in [3.05, 3.63) is 89.0 Å². The first-order valence-electron chi connectivity index (χ1n) is 15.0. The zero-order valence-corrected chi connectivity index (χ0v) is 25.3. The van der Waals surface area contributed by atoms with Crippen molar-refractivity contribution in [3.8, 4) is 17.2 Å². The van der Waals surface area contributed by atoms with Gasteiger partial charge in [-0.3, -0.25) is 0 Å². The summed E-state index contributed by atoms with van der Waals surface area (Å²) in [5.74, 6) is 1.64. The van der Waals surface area contributed by atoms with E-state index < -0.39 is 7.82 Å². The standard InChI is InChI=1S/C34H47O4P/c1-5-9-18-28-20-16-26-33(31(28)24-11-7-3)37-39(35,36-30-22-14-13-15-23-30)38-34-27-17-21-29(19-10-6-2)32(34)25-12-8-4/h13-17,20-23,26-27H,5-12,18-19,24-25H2,1-4H3. The molecule has 0 spiro atoms. The molecule has 0 atom stereocenters. The molecule has 4 nitrogen and oxygen atoms in total. The van der Waals surface area contributed by atoms with Crippen molar-refractivity contribution in [2.24, 2.45) is 0 Å². The molecule has 0 aliphatic carbocycles. The molecule has 3 rings (SSSR count). The third-order valence-corrected chi connectivity index (χ3v) is 8.28. The van der Waals surface area contributed by atoms with Gasteiger partial charge in [0.2, 0.25) is 0 Å². The summed E-state index contributed by atoms with van der Waals surface area (Å²) in [6, 6.07) is 21.3. The van der Waals surface area contributed by atoms with Crippen LogP contribution >= 0.6 is 7.82 Å². The lowest BCUT2D eigenvalue weighted by atomic mass is 9.97. The summed E-state index contributed by atoms with van der Waals surface area (Å²) in [6.07, 6.45) is 12.3. The summed E-state index contributed by atoms with van der Waals surface area (Å²) in [7, 11) is -4.09. The molecular formula is C34H47O4P. The van der Waals surface area contributed by atoms with Crippen molar-refractivity contribution in [1.82, 2.24) is 0 Å². The highest BCUT2D eigenvalue weighted by atomic mass is 31.2. The Morgan fingerprint density at radius 2 is 0.949 bits per heavy atom. The third-order valence-electron chi connectivity index (χ3n) is 7.00. The molecule has 3 aromatic rings. The molecule has 0 aliphatic rings. The number of rotatable bonds is 18. The monoisotopic (exact) mass is 550 g/mol. The molecule has 0 radical (unpaired) electrons. The maximum Gasteiger partial charge on any atom is 0.647 e. The molecule has 3 aromatic carbocycles. The second-order valence-electron chi connectivity index (χ2n) is 10.2. The maximum atomic E-state index is 14.6. The summed E-state index contributed by atoms with van der Waals surface area (Å²) in [4.78, 5) is 0. The minimum absolute atomic E-state index is 0.454. The zero-order chi connectivity index (χ0) is 27.9. The van der Waals surface area contributed by atoms with Crippen LogP contribution in [0.5, 0.6) is 17.2 Å². The van der Waals surface area contributed by atoms with Crippen LogP contribution in [0, 0.1) is 0 Å². The van der Waals surface area contributed by atoms with Gasteiger partial charge in [0.25, 0.3) is 0 Å². The molecular weight excluding hydrogens is 503 g/mol. The Morgan fingerprint density at radius 3 is 1.38 bits per heavy atom. The van der Waals surface area contributed by atoms with Crippen molar-refractivity contribution >= 4 is 7.82 Å². The number of phosphoric acid groups is 1. The van der Waals surface area contributed by atoms with Crippen LogP contribution in [0.15, 0.2) is 66.7 Å². The van der Waals surface area contributed by atoms with Crippen molar-refractivity contribution in [2.45, 2.75) is 105 Å². The number of aryl methyl sites for hydroxylation is 2. The van der Waals surface area contributed by atoms with Crippen LogP contribution in [0.3, 0.4) is 0 Å². The van der Waals surface area contributed by atoms with Crippen molar-refractivity contribution in [2.75, 3.05) is 0 Å². The fraction of sp³-hybridized carbons (Fsp3) is 0.471. The van der Waals surface area contributed by atoms with E-state index in [2.05, 4.69) is 39.8 Å². The van der Waals surface area contributed by atoms with E-state index in [0.717, 1.165) is 88.2 Å². The molecule has 0 unspecified atom stereocenters. The highest BCUT2D eigenvalue weighted by Crippen LogP contribution is 2.52. The second-order valence-corrected chi connectivity index (χ2v) is 11.7. The van der Waals surface area contributed by atoms with E-state index in [4.69, 9.17) is 13.6 Å². The molecule has 0 aliphatic heterocycles. The summed E-state index contributed by atoms with van der Waals surface area (Å²) in [5, 5.41) is 0. The first-order valence-corrected chi connectivity index (χ1v) is 16.4. The summed E-state index contributed by atoms with van der Waals surface area (Å²) >= 11 is 0. The molecule has 0 bridgehead atoms. The fourth-order valence-electron chi connectivity index (χ4n) is 4.78. The molecule has 0 aromatic heterocycles. The van der Waals surface area contributed by atoms with E-state index >= 15 is 0 Å². The van der Waals surface area contributed by atoms with Gasteiger partial charge in [0.1, 0.15) is 17.2 Å². The van der Waals surface area contributed by atoms with Gasteiger partial charge in [0.15, 0.2) is 0 Å². The van der Waals surface area contributed by atoms with Crippen LogP contribution in [0.4, 0.5) is 0 Å². The van der Waals surface area contributed by atoms with E-state index in [9.17, 15) is 4.57 Å². The number of hydrogen-bond donors (Lipinski definition) is 0. The largest absolute Gasteiger partial charge is 0.647 e. The first-order chi connectivity index (χ1) is 19.0. The SMILES string of the molecule is CCCCc1cccc(OP(=O)(Oc2ccccc2)Oc2cccc(CCCC)c2CCCC)c1CCCC. The third kappa shape index (κ3) is 9.46. The Labute approximate surface area is 236 Å².